The van der Waals surface area contributed by atoms with Crippen molar-refractivity contribution in [3.8, 4) is 11.3 Å². The molecule has 0 bridgehead atoms. The van der Waals surface area contributed by atoms with E-state index in [1.807, 2.05) is 6.07 Å². The maximum absolute atomic E-state index is 5.33. The third-order valence-corrected chi connectivity index (χ3v) is 3.54. The Morgan fingerprint density at radius 3 is 2.47 bits per heavy atom. The number of rotatable bonds is 2. The molecule has 0 aliphatic rings. The SMILES string of the molecule is CC(C)n1c(-c2ccccc2)csc1=S. The van der Waals surface area contributed by atoms with Crippen LogP contribution in [0.1, 0.15) is 19.9 Å². The van der Waals surface area contributed by atoms with Crippen molar-refractivity contribution in [2.45, 2.75) is 19.9 Å². The largest absolute Gasteiger partial charge is 0.320 e. The predicted octanol–water partition coefficient (Wildman–Crippen LogP) is 4.53. The average Bonchev–Trinajstić information content (AvgIpc) is 2.61. The lowest BCUT2D eigenvalue weighted by Crippen LogP contribution is -2.01. The van der Waals surface area contributed by atoms with Gasteiger partial charge in [0, 0.05) is 11.4 Å². The van der Waals surface area contributed by atoms with Gasteiger partial charge in [-0.25, -0.2) is 0 Å². The van der Waals surface area contributed by atoms with Gasteiger partial charge >= 0.3 is 0 Å². The van der Waals surface area contributed by atoms with Crippen molar-refractivity contribution in [1.82, 2.24) is 4.57 Å². The minimum atomic E-state index is 0.416. The van der Waals surface area contributed by atoms with Gasteiger partial charge in [-0.1, -0.05) is 30.3 Å². The molecule has 2 aromatic rings. The monoisotopic (exact) mass is 235 g/mol. The first kappa shape index (κ1) is 10.6. The van der Waals surface area contributed by atoms with Gasteiger partial charge in [-0.3, -0.25) is 0 Å². The van der Waals surface area contributed by atoms with E-state index in [4.69, 9.17) is 12.2 Å². The summed E-state index contributed by atoms with van der Waals surface area (Å²) in [5.41, 5.74) is 2.46. The summed E-state index contributed by atoms with van der Waals surface area (Å²) < 4.78 is 3.15. The summed E-state index contributed by atoms with van der Waals surface area (Å²) >= 11 is 6.96. The van der Waals surface area contributed by atoms with Crippen molar-refractivity contribution >= 4 is 23.6 Å². The number of hydrogen-bond donors (Lipinski definition) is 0. The lowest BCUT2D eigenvalue weighted by atomic mass is 10.1. The molecule has 0 aliphatic carbocycles. The quantitative estimate of drug-likeness (QED) is 0.692. The van der Waals surface area contributed by atoms with Gasteiger partial charge in [-0.15, -0.1) is 11.3 Å². The van der Waals surface area contributed by atoms with E-state index >= 15 is 0 Å². The van der Waals surface area contributed by atoms with Crippen molar-refractivity contribution in [3.05, 3.63) is 39.7 Å². The summed E-state index contributed by atoms with van der Waals surface area (Å²) in [5.74, 6) is 0. The van der Waals surface area contributed by atoms with Gasteiger partial charge in [0.2, 0.25) is 0 Å². The molecule has 0 saturated carbocycles. The smallest absolute Gasteiger partial charge is 0.161 e. The summed E-state index contributed by atoms with van der Waals surface area (Å²) in [6.07, 6.45) is 0. The zero-order valence-electron chi connectivity index (χ0n) is 8.81. The molecule has 0 aliphatic heterocycles. The number of aromatic nitrogens is 1. The second-order valence-corrected chi connectivity index (χ2v) is 5.22. The Balaban J connectivity index is 2.59. The molecule has 1 nitrogen and oxygen atoms in total. The molecule has 0 atom stereocenters. The Bertz CT molecular complexity index is 494. The van der Waals surface area contributed by atoms with E-state index in [-0.39, 0.29) is 0 Å². The van der Waals surface area contributed by atoms with Gasteiger partial charge in [0.1, 0.15) is 0 Å². The van der Waals surface area contributed by atoms with Crippen LogP contribution in [0.4, 0.5) is 0 Å². The maximum atomic E-state index is 5.33. The number of benzene rings is 1. The predicted molar refractivity (Wildman–Crippen MR) is 69.0 cm³/mol. The molecule has 1 aromatic heterocycles. The molecule has 2 rings (SSSR count). The Morgan fingerprint density at radius 2 is 1.87 bits per heavy atom. The molecule has 0 fully saturated rings. The first-order chi connectivity index (χ1) is 7.20. The first-order valence-corrected chi connectivity index (χ1v) is 6.24. The normalized spacial score (nSPS) is 10.9. The standard InChI is InChI=1S/C12H13NS2/c1-9(2)13-11(8-15-12(13)14)10-6-4-3-5-7-10/h3-9H,1-2H3. The minimum absolute atomic E-state index is 0.416. The Hall–Kier alpha value is -0.930. The van der Waals surface area contributed by atoms with Crippen molar-refractivity contribution < 1.29 is 0 Å². The molecule has 3 heteroatoms. The van der Waals surface area contributed by atoms with Crippen LogP contribution < -0.4 is 0 Å². The number of thiazole rings is 1. The lowest BCUT2D eigenvalue weighted by Gasteiger charge is -2.12. The molecule has 0 unspecified atom stereocenters. The van der Waals surface area contributed by atoms with Crippen LogP contribution in [0.5, 0.6) is 0 Å². The van der Waals surface area contributed by atoms with Crippen LogP contribution in [0, 0.1) is 3.95 Å². The van der Waals surface area contributed by atoms with Crippen LogP contribution in [0.3, 0.4) is 0 Å². The second-order valence-electron chi connectivity index (χ2n) is 3.72. The Labute approximate surface area is 99.0 Å². The number of hydrogen-bond acceptors (Lipinski definition) is 2. The zero-order valence-corrected chi connectivity index (χ0v) is 10.4. The van der Waals surface area contributed by atoms with Crippen LogP contribution in [-0.2, 0) is 0 Å². The Kier molecular flexibility index (Phi) is 3.03. The molecule has 0 spiro atoms. The molecule has 1 heterocycles. The Morgan fingerprint density at radius 1 is 1.20 bits per heavy atom. The van der Waals surface area contributed by atoms with E-state index < -0.39 is 0 Å². The van der Waals surface area contributed by atoms with Crippen LogP contribution in [0.15, 0.2) is 35.7 Å². The highest BCUT2D eigenvalue weighted by Crippen LogP contribution is 2.26. The highest BCUT2D eigenvalue weighted by Gasteiger charge is 2.08. The summed E-state index contributed by atoms with van der Waals surface area (Å²) in [4.78, 5) is 0. The van der Waals surface area contributed by atoms with Gasteiger partial charge in [0.15, 0.2) is 3.95 Å². The average molecular weight is 235 g/mol. The molecule has 0 amide bonds. The van der Waals surface area contributed by atoms with Crippen molar-refractivity contribution in [3.63, 3.8) is 0 Å². The van der Waals surface area contributed by atoms with E-state index in [0.717, 1.165) is 3.95 Å². The molecule has 0 N–H and O–H groups in total. The van der Waals surface area contributed by atoms with Crippen molar-refractivity contribution in [2.24, 2.45) is 0 Å². The third-order valence-electron chi connectivity index (χ3n) is 2.31. The van der Waals surface area contributed by atoms with E-state index in [0.29, 0.717) is 6.04 Å². The topological polar surface area (TPSA) is 4.93 Å². The van der Waals surface area contributed by atoms with Gasteiger partial charge in [0.25, 0.3) is 0 Å². The highest BCUT2D eigenvalue weighted by molar-refractivity contribution is 7.73. The van der Waals surface area contributed by atoms with Crippen LogP contribution in [0.25, 0.3) is 11.3 Å². The van der Waals surface area contributed by atoms with E-state index in [1.54, 1.807) is 11.3 Å². The molecule has 1 aromatic carbocycles. The van der Waals surface area contributed by atoms with Crippen LogP contribution in [0.2, 0.25) is 0 Å². The molecular weight excluding hydrogens is 222 g/mol. The molecule has 78 valence electrons. The van der Waals surface area contributed by atoms with E-state index in [9.17, 15) is 0 Å². The van der Waals surface area contributed by atoms with Gasteiger partial charge < -0.3 is 4.57 Å². The fourth-order valence-electron chi connectivity index (χ4n) is 1.62. The molecule has 15 heavy (non-hydrogen) atoms. The van der Waals surface area contributed by atoms with Gasteiger partial charge in [-0.05, 0) is 31.6 Å². The minimum Gasteiger partial charge on any atom is -0.320 e. The molecular formula is C12H13NS2. The number of nitrogens with zero attached hydrogens (tertiary/aromatic N) is 1. The van der Waals surface area contributed by atoms with Crippen LogP contribution in [-0.4, -0.2) is 4.57 Å². The molecule has 0 saturated heterocycles. The summed E-state index contributed by atoms with van der Waals surface area (Å²) in [5, 5.41) is 2.14. The highest BCUT2D eigenvalue weighted by atomic mass is 32.1. The zero-order chi connectivity index (χ0) is 10.8. The molecule has 0 radical (unpaired) electrons. The third kappa shape index (κ3) is 2.03. The van der Waals surface area contributed by atoms with Crippen molar-refractivity contribution in [2.75, 3.05) is 0 Å². The summed E-state index contributed by atoms with van der Waals surface area (Å²) in [6, 6.07) is 10.8. The maximum Gasteiger partial charge on any atom is 0.161 e. The van der Waals surface area contributed by atoms with E-state index in [2.05, 4.69) is 48.1 Å². The summed E-state index contributed by atoms with van der Waals surface area (Å²) in [7, 11) is 0. The van der Waals surface area contributed by atoms with E-state index in [1.165, 1.54) is 11.3 Å². The fourth-order valence-corrected chi connectivity index (χ4v) is 2.96. The van der Waals surface area contributed by atoms with Crippen molar-refractivity contribution in [1.29, 1.82) is 0 Å². The lowest BCUT2D eigenvalue weighted by molar-refractivity contribution is 0.606. The fraction of sp³-hybridized carbons (Fsp3) is 0.250. The van der Waals surface area contributed by atoms with Gasteiger partial charge in [-0.2, -0.15) is 0 Å². The summed E-state index contributed by atoms with van der Waals surface area (Å²) in [6.45, 7) is 4.32. The van der Waals surface area contributed by atoms with Gasteiger partial charge in [0.05, 0.1) is 5.69 Å². The second kappa shape index (κ2) is 4.29. The van der Waals surface area contributed by atoms with Crippen LogP contribution >= 0.6 is 23.6 Å². The first-order valence-electron chi connectivity index (χ1n) is 4.95.